The van der Waals surface area contributed by atoms with Crippen LogP contribution in [-0.4, -0.2) is 32.3 Å². The van der Waals surface area contributed by atoms with Crippen molar-refractivity contribution in [2.45, 2.75) is 17.7 Å². The van der Waals surface area contributed by atoms with Gasteiger partial charge < -0.3 is 4.90 Å². The summed E-state index contributed by atoms with van der Waals surface area (Å²) >= 11 is 6.00. The number of sulfonamides is 1. The maximum atomic E-state index is 12.5. The first-order valence-electron chi connectivity index (χ1n) is 8.30. The minimum absolute atomic E-state index is 0.0143. The van der Waals surface area contributed by atoms with Crippen molar-refractivity contribution in [3.8, 4) is 0 Å². The molecule has 2 aromatic rings. The number of carbonyl (C=O) groups is 1. The molecule has 5 nitrogen and oxygen atoms in total. The van der Waals surface area contributed by atoms with Crippen molar-refractivity contribution in [1.29, 1.82) is 0 Å². The number of benzene rings is 2. The predicted molar refractivity (Wildman–Crippen MR) is 104 cm³/mol. The van der Waals surface area contributed by atoms with Crippen LogP contribution in [0.5, 0.6) is 0 Å². The van der Waals surface area contributed by atoms with E-state index in [2.05, 4.69) is 4.72 Å². The second-order valence-corrected chi connectivity index (χ2v) is 8.11. The number of hydrogen-bond acceptors (Lipinski definition) is 3. The van der Waals surface area contributed by atoms with E-state index in [-0.39, 0.29) is 10.8 Å². The first-order valence-corrected chi connectivity index (χ1v) is 10.2. The molecule has 136 valence electrons. The zero-order chi connectivity index (χ0) is 18.6. The normalized spacial score (nSPS) is 14.7. The Labute approximate surface area is 158 Å². The van der Waals surface area contributed by atoms with Crippen LogP contribution in [0.2, 0.25) is 5.02 Å². The van der Waals surface area contributed by atoms with E-state index in [1.165, 1.54) is 18.2 Å². The third-order valence-electron chi connectivity index (χ3n) is 4.14. The average Bonchev–Trinajstić information content (AvgIpc) is 3.17. The highest BCUT2D eigenvalue weighted by molar-refractivity contribution is 7.92. The standard InChI is InChI=1S/C19H19ClN2O3S/c20-17-5-1-2-6-18(17)21-26(24,25)16-10-7-15(8-11-16)9-12-19(23)22-13-3-4-14-22/h1-2,5-12,21H,3-4,13-14H2/b12-9+. The minimum atomic E-state index is -3.73. The van der Waals surface area contributed by atoms with Crippen LogP contribution >= 0.6 is 11.6 Å². The largest absolute Gasteiger partial charge is 0.339 e. The number of anilines is 1. The van der Waals surface area contributed by atoms with Gasteiger partial charge in [-0.3, -0.25) is 9.52 Å². The molecule has 0 bridgehead atoms. The molecule has 0 radical (unpaired) electrons. The Balaban J connectivity index is 1.70. The number of rotatable bonds is 5. The lowest BCUT2D eigenvalue weighted by molar-refractivity contribution is -0.124. The maximum Gasteiger partial charge on any atom is 0.261 e. The van der Waals surface area contributed by atoms with E-state index in [1.807, 2.05) is 4.90 Å². The third-order valence-corrected chi connectivity index (χ3v) is 5.86. The van der Waals surface area contributed by atoms with Crippen molar-refractivity contribution in [3.63, 3.8) is 0 Å². The van der Waals surface area contributed by atoms with E-state index in [1.54, 1.807) is 42.5 Å². The molecule has 0 spiro atoms. The minimum Gasteiger partial charge on any atom is -0.339 e. The number of nitrogens with zero attached hydrogens (tertiary/aromatic N) is 1. The highest BCUT2D eigenvalue weighted by atomic mass is 35.5. The van der Waals surface area contributed by atoms with Gasteiger partial charge in [0.15, 0.2) is 0 Å². The van der Waals surface area contributed by atoms with Gasteiger partial charge in [-0.1, -0.05) is 35.9 Å². The highest BCUT2D eigenvalue weighted by Crippen LogP contribution is 2.24. The van der Waals surface area contributed by atoms with E-state index >= 15 is 0 Å². The second kappa shape index (κ2) is 7.93. The molecule has 1 saturated heterocycles. The third kappa shape index (κ3) is 4.45. The van der Waals surface area contributed by atoms with Gasteiger partial charge in [-0.2, -0.15) is 0 Å². The molecular formula is C19H19ClN2O3S. The van der Waals surface area contributed by atoms with Crippen LogP contribution in [0.25, 0.3) is 6.08 Å². The number of carbonyl (C=O) groups excluding carboxylic acids is 1. The Hall–Kier alpha value is -2.31. The van der Waals surface area contributed by atoms with Gasteiger partial charge in [0.25, 0.3) is 10.0 Å². The summed E-state index contributed by atoms with van der Waals surface area (Å²) in [6, 6.07) is 13.0. The molecule has 1 aliphatic rings. The smallest absolute Gasteiger partial charge is 0.261 e. The molecule has 3 rings (SSSR count). The van der Waals surface area contributed by atoms with Crippen LogP contribution in [0.1, 0.15) is 18.4 Å². The summed E-state index contributed by atoms with van der Waals surface area (Å²) in [5, 5.41) is 0.330. The van der Waals surface area contributed by atoms with Gasteiger partial charge in [0.05, 0.1) is 15.6 Å². The number of halogens is 1. The van der Waals surface area contributed by atoms with Crippen molar-refractivity contribution in [3.05, 3.63) is 65.2 Å². The van der Waals surface area contributed by atoms with Gasteiger partial charge in [-0.15, -0.1) is 0 Å². The summed E-state index contributed by atoms with van der Waals surface area (Å²) in [5.41, 5.74) is 1.09. The molecule has 1 N–H and O–H groups in total. The number of nitrogens with one attached hydrogen (secondary N) is 1. The molecule has 1 fully saturated rings. The zero-order valence-corrected chi connectivity index (χ0v) is 15.6. The van der Waals surface area contributed by atoms with Gasteiger partial charge in [0.1, 0.15) is 0 Å². The molecule has 1 amide bonds. The summed E-state index contributed by atoms with van der Waals surface area (Å²) < 4.78 is 27.4. The van der Waals surface area contributed by atoms with E-state index in [0.29, 0.717) is 10.7 Å². The molecule has 7 heteroatoms. The second-order valence-electron chi connectivity index (χ2n) is 6.02. The molecule has 0 unspecified atom stereocenters. The first-order chi connectivity index (χ1) is 12.5. The van der Waals surface area contributed by atoms with Crippen molar-refractivity contribution >= 4 is 39.3 Å². The summed E-state index contributed by atoms with van der Waals surface area (Å²) in [7, 11) is -3.73. The van der Waals surface area contributed by atoms with Crippen molar-refractivity contribution in [1.82, 2.24) is 4.90 Å². The fourth-order valence-corrected chi connectivity index (χ4v) is 4.03. The van der Waals surface area contributed by atoms with Gasteiger partial charge in [0.2, 0.25) is 5.91 Å². The first kappa shape index (κ1) is 18.5. The Bertz CT molecular complexity index is 918. The number of para-hydroxylation sites is 1. The topological polar surface area (TPSA) is 66.5 Å². The SMILES string of the molecule is O=C(/C=C/c1ccc(S(=O)(=O)Nc2ccccc2Cl)cc1)N1CCCC1. The lowest BCUT2D eigenvalue weighted by Crippen LogP contribution is -2.25. The van der Waals surface area contributed by atoms with Crippen molar-refractivity contribution in [2.24, 2.45) is 0 Å². The highest BCUT2D eigenvalue weighted by Gasteiger charge is 2.16. The van der Waals surface area contributed by atoms with Crippen LogP contribution in [0.15, 0.2) is 59.5 Å². The summed E-state index contributed by atoms with van der Waals surface area (Å²) in [4.78, 5) is 13.9. The Morgan fingerprint density at radius 3 is 2.35 bits per heavy atom. The van der Waals surface area contributed by atoms with Crippen molar-refractivity contribution in [2.75, 3.05) is 17.8 Å². The molecule has 1 aliphatic heterocycles. The van der Waals surface area contributed by atoms with E-state index < -0.39 is 10.0 Å². The van der Waals surface area contributed by atoms with E-state index in [0.717, 1.165) is 31.5 Å². The Morgan fingerprint density at radius 2 is 1.69 bits per heavy atom. The predicted octanol–water partition coefficient (Wildman–Crippen LogP) is 3.78. The van der Waals surface area contributed by atoms with Gasteiger partial charge in [0, 0.05) is 19.2 Å². The summed E-state index contributed by atoms with van der Waals surface area (Å²) in [5.74, 6) is -0.0143. The molecule has 0 atom stereocenters. The number of likely N-dealkylation sites (tertiary alicyclic amines) is 1. The van der Waals surface area contributed by atoms with Gasteiger partial charge in [-0.25, -0.2) is 8.42 Å². The molecule has 26 heavy (non-hydrogen) atoms. The van der Waals surface area contributed by atoms with Crippen molar-refractivity contribution < 1.29 is 13.2 Å². The van der Waals surface area contributed by atoms with E-state index in [9.17, 15) is 13.2 Å². The van der Waals surface area contributed by atoms with E-state index in [4.69, 9.17) is 11.6 Å². The summed E-state index contributed by atoms with van der Waals surface area (Å²) in [6.07, 6.45) is 5.31. The van der Waals surface area contributed by atoms with Crippen LogP contribution in [0.4, 0.5) is 5.69 Å². The Kier molecular flexibility index (Phi) is 5.64. The zero-order valence-electron chi connectivity index (χ0n) is 14.1. The monoisotopic (exact) mass is 390 g/mol. The number of hydrogen-bond donors (Lipinski definition) is 1. The van der Waals surface area contributed by atoms with Crippen LogP contribution in [0, 0.1) is 0 Å². The van der Waals surface area contributed by atoms with Crippen LogP contribution in [0.3, 0.4) is 0 Å². The quantitative estimate of drug-likeness (QED) is 0.790. The average molecular weight is 391 g/mol. The molecule has 0 aliphatic carbocycles. The molecule has 2 aromatic carbocycles. The van der Waals surface area contributed by atoms with Gasteiger partial charge >= 0.3 is 0 Å². The Morgan fingerprint density at radius 1 is 1.04 bits per heavy atom. The van der Waals surface area contributed by atoms with Crippen LogP contribution < -0.4 is 4.72 Å². The fourth-order valence-electron chi connectivity index (χ4n) is 2.72. The maximum absolute atomic E-state index is 12.5. The molecule has 0 saturated carbocycles. The van der Waals surface area contributed by atoms with Crippen LogP contribution in [-0.2, 0) is 14.8 Å². The molecule has 0 aromatic heterocycles. The summed E-state index contributed by atoms with van der Waals surface area (Å²) in [6.45, 7) is 1.60. The molecule has 1 heterocycles. The lowest BCUT2D eigenvalue weighted by atomic mass is 10.2. The van der Waals surface area contributed by atoms with Gasteiger partial charge in [-0.05, 0) is 48.7 Å². The fraction of sp³-hybridized carbons (Fsp3) is 0.211. The lowest BCUT2D eigenvalue weighted by Gasteiger charge is -2.11. The number of amides is 1. The molecular weight excluding hydrogens is 372 g/mol.